The maximum absolute atomic E-state index is 6.27. The summed E-state index contributed by atoms with van der Waals surface area (Å²) in [6, 6.07) is 11.3. The number of ether oxygens (including phenoxy) is 3. The Kier molecular flexibility index (Phi) is 13.6. The molecule has 3 rings (SSSR count). The molecule has 1 heterocycles. The van der Waals surface area contributed by atoms with E-state index < -0.39 is 0 Å². The molecule has 1 aliphatic rings. The van der Waals surface area contributed by atoms with Crippen molar-refractivity contribution in [1.29, 1.82) is 0 Å². The average molecular weight is 510 g/mol. The van der Waals surface area contributed by atoms with Crippen molar-refractivity contribution in [2.75, 3.05) is 46.5 Å². The predicted molar refractivity (Wildman–Crippen MR) is 117 cm³/mol. The first-order valence-electron chi connectivity index (χ1n) is 9.91. The summed E-state index contributed by atoms with van der Waals surface area (Å²) in [5.74, 6) is 1.45. The average Bonchev–Trinajstić information content (AvgIpc) is 2.74. The molecule has 0 radical (unpaired) electrons. The highest BCUT2D eigenvalue weighted by atomic mass is 35.5. The zero-order valence-electron chi connectivity index (χ0n) is 17.5. The van der Waals surface area contributed by atoms with Crippen LogP contribution in [-0.4, -0.2) is 51.4 Å². The minimum atomic E-state index is 0. The molecule has 5 nitrogen and oxygen atoms in total. The van der Waals surface area contributed by atoms with Gasteiger partial charge in [-0.15, -0.1) is 0 Å². The fourth-order valence-electron chi connectivity index (χ4n) is 3.29. The van der Waals surface area contributed by atoms with E-state index in [2.05, 4.69) is 16.3 Å². The topological polar surface area (TPSA) is 43.0 Å². The third kappa shape index (κ3) is 8.85. The van der Waals surface area contributed by atoms with Crippen LogP contribution in [0.2, 0.25) is 10.0 Å². The SMILES string of the molecule is COc1cccc(CNCCCN2CCOCC2)c1OCc1ccc(Cl)cc1Cl.[Cl-].[Cl-]. The van der Waals surface area contributed by atoms with Crippen molar-refractivity contribution in [2.45, 2.75) is 19.6 Å². The van der Waals surface area contributed by atoms with Gasteiger partial charge in [0.2, 0.25) is 0 Å². The van der Waals surface area contributed by atoms with Crippen LogP contribution in [0.4, 0.5) is 0 Å². The summed E-state index contributed by atoms with van der Waals surface area (Å²) >= 11 is 12.2. The number of nitrogens with zero attached hydrogens (tertiary/aromatic N) is 1. The van der Waals surface area contributed by atoms with Gasteiger partial charge in [0.25, 0.3) is 0 Å². The number of methoxy groups -OCH3 is 1. The number of halogens is 4. The van der Waals surface area contributed by atoms with Crippen LogP contribution in [0.15, 0.2) is 36.4 Å². The van der Waals surface area contributed by atoms with Gasteiger partial charge in [-0.3, -0.25) is 4.90 Å². The molecule has 0 atom stereocenters. The van der Waals surface area contributed by atoms with Crippen LogP contribution in [0.25, 0.3) is 0 Å². The summed E-state index contributed by atoms with van der Waals surface area (Å²) in [6.45, 7) is 6.84. The lowest BCUT2D eigenvalue weighted by Crippen LogP contribution is -3.00. The lowest BCUT2D eigenvalue weighted by atomic mass is 10.1. The molecule has 2 aromatic rings. The molecule has 1 N–H and O–H groups in total. The van der Waals surface area contributed by atoms with Crippen LogP contribution in [0.5, 0.6) is 11.5 Å². The molecular weight excluding hydrogens is 482 g/mol. The first-order valence-corrected chi connectivity index (χ1v) is 10.7. The standard InChI is InChI=1S/C22H28Cl2N2O3.2ClH/c1-27-21-5-2-4-17(15-25-8-3-9-26-10-12-28-13-11-26)22(21)29-16-18-6-7-19(23)14-20(18)24;;/h2,4-7,14,25H,3,8-13,15-16H2,1H3;2*1H/p-2. The van der Waals surface area contributed by atoms with E-state index in [-0.39, 0.29) is 24.8 Å². The normalized spacial score (nSPS) is 13.8. The van der Waals surface area contributed by atoms with Gasteiger partial charge in [-0.25, -0.2) is 0 Å². The lowest BCUT2D eigenvalue weighted by molar-refractivity contribution is -0.001000. The summed E-state index contributed by atoms with van der Waals surface area (Å²) in [7, 11) is 1.65. The van der Waals surface area contributed by atoms with Crippen molar-refractivity contribution in [3.63, 3.8) is 0 Å². The maximum atomic E-state index is 6.27. The van der Waals surface area contributed by atoms with Crippen molar-refractivity contribution >= 4 is 23.2 Å². The largest absolute Gasteiger partial charge is 1.00 e. The Morgan fingerprint density at radius 3 is 2.55 bits per heavy atom. The highest BCUT2D eigenvalue weighted by molar-refractivity contribution is 6.35. The highest BCUT2D eigenvalue weighted by Crippen LogP contribution is 2.32. The Morgan fingerprint density at radius 2 is 1.84 bits per heavy atom. The van der Waals surface area contributed by atoms with Crippen LogP contribution in [-0.2, 0) is 17.9 Å². The molecule has 0 aliphatic carbocycles. The number of rotatable bonds is 10. The van der Waals surface area contributed by atoms with Crippen LogP contribution in [0, 0.1) is 0 Å². The minimum Gasteiger partial charge on any atom is -1.00 e. The van der Waals surface area contributed by atoms with Gasteiger partial charge in [0.1, 0.15) is 6.61 Å². The molecule has 0 bridgehead atoms. The monoisotopic (exact) mass is 508 g/mol. The summed E-state index contributed by atoms with van der Waals surface area (Å²) in [4.78, 5) is 2.45. The molecule has 0 spiro atoms. The van der Waals surface area contributed by atoms with Crippen molar-refractivity contribution in [2.24, 2.45) is 0 Å². The molecule has 9 heteroatoms. The van der Waals surface area contributed by atoms with Gasteiger partial charge in [0, 0.05) is 40.8 Å². The van der Waals surface area contributed by atoms with E-state index in [1.165, 1.54) is 0 Å². The minimum absolute atomic E-state index is 0. The van der Waals surface area contributed by atoms with Gasteiger partial charge in [-0.05, 0) is 37.7 Å². The van der Waals surface area contributed by atoms with Crippen molar-refractivity contribution < 1.29 is 39.0 Å². The van der Waals surface area contributed by atoms with Gasteiger partial charge < -0.3 is 44.3 Å². The summed E-state index contributed by atoms with van der Waals surface area (Å²) in [5.41, 5.74) is 1.94. The fourth-order valence-corrected chi connectivity index (χ4v) is 3.75. The van der Waals surface area contributed by atoms with E-state index in [0.29, 0.717) is 28.9 Å². The number of para-hydroxylation sites is 1. The number of benzene rings is 2. The highest BCUT2D eigenvalue weighted by Gasteiger charge is 2.13. The predicted octanol–water partition coefficient (Wildman–Crippen LogP) is -1.60. The second-order valence-corrected chi connectivity index (χ2v) is 7.80. The first-order chi connectivity index (χ1) is 14.2. The van der Waals surface area contributed by atoms with Gasteiger partial charge in [0.05, 0.1) is 20.3 Å². The van der Waals surface area contributed by atoms with E-state index in [1.807, 2.05) is 24.3 Å². The van der Waals surface area contributed by atoms with Crippen LogP contribution in [0.1, 0.15) is 17.5 Å². The number of hydrogen-bond acceptors (Lipinski definition) is 5. The van der Waals surface area contributed by atoms with Gasteiger partial charge in [-0.2, -0.15) is 0 Å². The summed E-state index contributed by atoms with van der Waals surface area (Å²) in [6.07, 6.45) is 1.10. The fraction of sp³-hybridized carbons (Fsp3) is 0.455. The number of hydrogen-bond donors (Lipinski definition) is 1. The molecule has 1 aliphatic heterocycles. The molecule has 31 heavy (non-hydrogen) atoms. The summed E-state index contributed by atoms with van der Waals surface area (Å²) in [5, 5.41) is 4.72. The molecule has 1 saturated heterocycles. The zero-order chi connectivity index (χ0) is 20.5. The Hall–Kier alpha value is -0.920. The molecule has 2 aromatic carbocycles. The molecule has 0 amide bonds. The van der Waals surface area contributed by atoms with Crippen molar-refractivity contribution in [3.05, 3.63) is 57.6 Å². The van der Waals surface area contributed by atoms with E-state index in [4.69, 9.17) is 37.4 Å². The second-order valence-electron chi connectivity index (χ2n) is 6.96. The second kappa shape index (κ2) is 15.0. The molecular formula is C22H28Cl4N2O3-2. The Bertz CT molecular complexity index is 789. The Balaban J connectivity index is 0.00000240. The summed E-state index contributed by atoms with van der Waals surface area (Å²) < 4.78 is 17.0. The first kappa shape index (κ1) is 28.1. The van der Waals surface area contributed by atoms with Gasteiger partial charge in [0.15, 0.2) is 11.5 Å². The molecule has 0 unspecified atom stereocenters. The van der Waals surface area contributed by atoms with E-state index in [1.54, 1.807) is 13.2 Å². The smallest absolute Gasteiger partial charge is 0.166 e. The van der Waals surface area contributed by atoms with Gasteiger partial charge in [-0.1, -0.05) is 41.4 Å². The number of nitrogens with one attached hydrogen (secondary N) is 1. The van der Waals surface area contributed by atoms with Crippen molar-refractivity contribution in [1.82, 2.24) is 10.2 Å². The molecule has 0 saturated carbocycles. The Morgan fingerprint density at radius 1 is 1.06 bits per heavy atom. The van der Waals surface area contributed by atoms with Crippen LogP contribution >= 0.6 is 23.2 Å². The molecule has 0 aromatic heterocycles. The maximum Gasteiger partial charge on any atom is 0.166 e. The third-order valence-corrected chi connectivity index (χ3v) is 5.50. The lowest BCUT2D eigenvalue weighted by Gasteiger charge is -2.26. The van der Waals surface area contributed by atoms with E-state index in [9.17, 15) is 0 Å². The Labute approximate surface area is 207 Å². The quantitative estimate of drug-likeness (QED) is 0.391. The van der Waals surface area contributed by atoms with Crippen molar-refractivity contribution in [3.8, 4) is 11.5 Å². The number of morpholine rings is 1. The molecule has 174 valence electrons. The van der Waals surface area contributed by atoms with Crippen LogP contribution < -0.4 is 39.6 Å². The van der Waals surface area contributed by atoms with Crippen LogP contribution in [0.3, 0.4) is 0 Å². The third-order valence-electron chi connectivity index (χ3n) is 4.91. The van der Waals surface area contributed by atoms with E-state index in [0.717, 1.165) is 62.7 Å². The van der Waals surface area contributed by atoms with Gasteiger partial charge >= 0.3 is 0 Å². The molecule has 1 fully saturated rings. The zero-order valence-corrected chi connectivity index (χ0v) is 20.5. The van der Waals surface area contributed by atoms with E-state index >= 15 is 0 Å².